The van der Waals surface area contributed by atoms with Gasteiger partial charge in [0.2, 0.25) is 0 Å². The number of hydrogen-bond donors (Lipinski definition) is 2. The number of rotatable bonds is 5. The van der Waals surface area contributed by atoms with Crippen LogP contribution in [0.3, 0.4) is 0 Å². The van der Waals surface area contributed by atoms with Gasteiger partial charge in [-0.05, 0) is 54.7 Å². The Hall–Kier alpha value is -3.02. The second kappa shape index (κ2) is 8.38. The molecule has 6 heteroatoms. The molecule has 1 aliphatic carbocycles. The van der Waals surface area contributed by atoms with E-state index in [-0.39, 0.29) is 18.7 Å². The topological polar surface area (TPSA) is 76.7 Å². The predicted octanol–water partition coefficient (Wildman–Crippen LogP) is 2.92. The van der Waals surface area contributed by atoms with Crippen molar-refractivity contribution < 1.29 is 19.1 Å². The third-order valence-corrected chi connectivity index (χ3v) is 4.38. The van der Waals surface area contributed by atoms with Gasteiger partial charge in [0.05, 0.1) is 7.11 Å². The first kappa shape index (κ1) is 17.8. The van der Waals surface area contributed by atoms with E-state index in [9.17, 15) is 9.59 Å². The summed E-state index contributed by atoms with van der Waals surface area (Å²) < 4.78 is 9.78. The number of amides is 2. The minimum atomic E-state index is -0.444. The highest BCUT2D eigenvalue weighted by molar-refractivity contribution is 5.89. The summed E-state index contributed by atoms with van der Waals surface area (Å²) >= 11 is 0. The molecule has 26 heavy (non-hydrogen) atoms. The molecule has 0 aliphatic heterocycles. The number of methoxy groups -OCH3 is 1. The first-order chi connectivity index (χ1) is 12.6. The van der Waals surface area contributed by atoms with Gasteiger partial charge in [-0.25, -0.2) is 9.59 Å². The van der Waals surface area contributed by atoms with Crippen molar-refractivity contribution in [1.29, 1.82) is 0 Å². The lowest BCUT2D eigenvalue weighted by Crippen LogP contribution is -2.41. The molecule has 0 aromatic heterocycles. The summed E-state index contributed by atoms with van der Waals surface area (Å²) in [6.45, 7) is -0.146. The minimum Gasteiger partial charge on any atom is -0.482 e. The van der Waals surface area contributed by atoms with Gasteiger partial charge in [0, 0.05) is 11.7 Å². The second-order valence-electron chi connectivity index (χ2n) is 6.20. The van der Waals surface area contributed by atoms with Gasteiger partial charge in [0.1, 0.15) is 5.75 Å². The van der Waals surface area contributed by atoms with Crippen molar-refractivity contribution >= 4 is 17.7 Å². The lowest BCUT2D eigenvalue weighted by molar-refractivity contribution is -0.142. The van der Waals surface area contributed by atoms with Crippen molar-refractivity contribution in [3.05, 3.63) is 59.7 Å². The van der Waals surface area contributed by atoms with Crippen LogP contribution in [0.5, 0.6) is 5.75 Å². The molecule has 1 atom stereocenters. The standard InChI is InChI=1S/C20H22N2O4/c1-25-19(23)13-26-18-10-8-16(9-11-18)21-20(24)22-17-7-6-14-4-2-3-5-15(14)12-17/h2-5,8-11,17H,6-7,12-13H2,1H3,(H2,21,22,24). The molecule has 2 N–H and O–H groups in total. The molecule has 136 valence electrons. The summed E-state index contributed by atoms with van der Waals surface area (Å²) in [5.74, 6) is 0.0888. The molecule has 0 spiro atoms. The highest BCUT2D eigenvalue weighted by atomic mass is 16.6. The van der Waals surface area contributed by atoms with Gasteiger partial charge in [-0.3, -0.25) is 0 Å². The maximum absolute atomic E-state index is 12.2. The SMILES string of the molecule is COC(=O)COc1ccc(NC(=O)NC2CCc3ccccc3C2)cc1. The number of hydrogen-bond acceptors (Lipinski definition) is 4. The lowest BCUT2D eigenvalue weighted by Gasteiger charge is -2.25. The number of fused-ring (bicyclic) bond motifs is 1. The van der Waals surface area contributed by atoms with E-state index in [2.05, 4.69) is 33.6 Å². The van der Waals surface area contributed by atoms with E-state index in [0.717, 1.165) is 19.3 Å². The summed E-state index contributed by atoms with van der Waals surface area (Å²) in [5, 5.41) is 5.85. The van der Waals surface area contributed by atoms with Crippen molar-refractivity contribution in [2.75, 3.05) is 19.0 Å². The van der Waals surface area contributed by atoms with Crippen LogP contribution in [0.2, 0.25) is 0 Å². The monoisotopic (exact) mass is 354 g/mol. The van der Waals surface area contributed by atoms with Gasteiger partial charge < -0.3 is 20.1 Å². The molecule has 0 bridgehead atoms. The summed E-state index contributed by atoms with van der Waals surface area (Å²) in [6, 6.07) is 15.1. The maximum Gasteiger partial charge on any atom is 0.343 e. The van der Waals surface area contributed by atoms with Gasteiger partial charge in [-0.15, -0.1) is 0 Å². The summed E-state index contributed by atoms with van der Waals surface area (Å²) in [7, 11) is 1.31. The van der Waals surface area contributed by atoms with Crippen molar-refractivity contribution in [1.82, 2.24) is 5.32 Å². The second-order valence-corrected chi connectivity index (χ2v) is 6.20. The zero-order valence-corrected chi connectivity index (χ0v) is 14.7. The zero-order chi connectivity index (χ0) is 18.4. The predicted molar refractivity (Wildman–Crippen MR) is 98.4 cm³/mol. The van der Waals surface area contributed by atoms with Gasteiger partial charge in [0.25, 0.3) is 0 Å². The number of ether oxygens (including phenoxy) is 2. The Morgan fingerprint density at radius 2 is 1.81 bits per heavy atom. The van der Waals surface area contributed by atoms with E-state index in [1.165, 1.54) is 18.2 Å². The number of anilines is 1. The van der Waals surface area contributed by atoms with Gasteiger partial charge >= 0.3 is 12.0 Å². The highest BCUT2D eigenvalue weighted by Crippen LogP contribution is 2.21. The number of esters is 1. The fraction of sp³-hybridized carbons (Fsp3) is 0.300. The summed E-state index contributed by atoms with van der Waals surface area (Å²) in [5.41, 5.74) is 3.33. The molecule has 3 rings (SSSR count). The Labute approximate surface area is 152 Å². The molecule has 1 unspecified atom stereocenters. The molecule has 6 nitrogen and oxygen atoms in total. The third kappa shape index (κ3) is 4.75. The lowest BCUT2D eigenvalue weighted by atomic mass is 9.88. The van der Waals surface area contributed by atoms with Gasteiger partial charge in [0.15, 0.2) is 6.61 Å². The third-order valence-electron chi connectivity index (χ3n) is 4.38. The van der Waals surface area contributed by atoms with Crippen LogP contribution in [0.25, 0.3) is 0 Å². The van der Waals surface area contributed by atoms with Crippen LogP contribution < -0.4 is 15.4 Å². The van der Waals surface area contributed by atoms with Crippen LogP contribution in [-0.4, -0.2) is 31.8 Å². The number of carbonyl (C=O) groups is 2. The molecule has 2 amide bonds. The van der Waals surface area contributed by atoms with Crippen molar-refractivity contribution in [2.24, 2.45) is 0 Å². The largest absolute Gasteiger partial charge is 0.482 e. The molecule has 0 fully saturated rings. The van der Waals surface area contributed by atoms with Crippen LogP contribution in [0.15, 0.2) is 48.5 Å². The molecular formula is C20H22N2O4. The van der Waals surface area contributed by atoms with E-state index in [0.29, 0.717) is 11.4 Å². The van der Waals surface area contributed by atoms with Gasteiger partial charge in [-0.2, -0.15) is 0 Å². The zero-order valence-electron chi connectivity index (χ0n) is 14.7. The Balaban J connectivity index is 1.48. The molecule has 0 saturated carbocycles. The van der Waals surface area contributed by atoms with Crippen molar-refractivity contribution in [2.45, 2.75) is 25.3 Å². The van der Waals surface area contributed by atoms with Crippen LogP contribution >= 0.6 is 0 Å². The van der Waals surface area contributed by atoms with E-state index in [1.54, 1.807) is 24.3 Å². The van der Waals surface area contributed by atoms with Gasteiger partial charge in [-0.1, -0.05) is 24.3 Å². The van der Waals surface area contributed by atoms with Crippen molar-refractivity contribution in [3.63, 3.8) is 0 Å². The molecule has 2 aromatic carbocycles. The van der Waals surface area contributed by atoms with E-state index in [1.807, 2.05) is 6.07 Å². The Morgan fingerprint density at radius 3 is 2.54 bits per heavy atom. The smallest absolute Gasteiger partial charge is 0.343 e. The van der Waals surface area contributed by atoms with Crippen LogP contribution in [0.4, 0.5) is 10.5 Å². The minimum absolute atomic E-state index is 0.132. The molecule has 1 aliphatic rings. The number of urea groups is 1. The molecular weight excluding hydrogens is 332 g/mol. The number of carbonyl (C=O) groups excluding carboxylic acids is 2. The van der Waals surface area contributed by atoms with Crippen LogP contribution in [-0.2, 0) is 22.4 Å². The Bertz CT molecular complexity index is 774. The number of nitrogens with one attached hydrogen (secondary N) is 2. The quantitative estimate of drug-likeness (QED) is 0.810. The first-order valence-electron chi connectivity index (χ1n) is 8.58. The first-order valence-corrected chi connectivity index (χ1v) is 8.58. The molecule has 0 heterocycles. The summed E-state index contributed by atoms with van der Waals surface area (Å²) in [4.78, 5) is 23.3. The van der Waals surface area contributed by atoms with E-state index in [4.69, 9.17) is 4.74 Å². The average Bonchev–Trinajstić information content (AvgIpc) is 2.67. The van der Waals surface area contributed by atoms with Crippen molar-refractivity contribution in [3.8, 4) is 5.75 Å². The average molecular weight is 354 g/mol. The van der Waals surface area contributed by atoms with E-state index >= 15 is 0 Å². The number of benzene rings is 2. The normalized spacial score (nSPS) is 15.5. The number of aryl methyl sites for hydroxylation is 1. The fourth-order valence-corrected chi connectivity index (χ4v) is 3.01. The molecule has 0 radical (unpaired) electrons. The highest BCUT2D eigenvalue weighted by Gasteiger charge is 2.19. The van der Waals surface area contributed by atoms with Crippen LogP contribution in [0.1, 0.15) is 17.5 Å². The molecule has 0 saturated heterocycles. The molecule has 2 aromatic rings. The Kier molecular flexibility index (Phi) is 5.73. The summed E-state index contributed by atoms with van der Waals surface area (Å²) in [6.07, 6.45) is 2.77. The Morgan fingerprint density at radius 1 is 1.08 bits per heavy atom. The van der Waals surface area contributed by atoms with E-state index < -0.39 is 5.97 Å². The fourth-order valence-electron chi connectivity index (χ4n) is 3.01. The maximum atomic E-state index is 12.2. The van der Waals surface area contributed by atoms with Crippen LogP contribution in [0, 0.1) is 0 Å².